The Morgan fingerprint density at radius 1 is 1.05 bits per heavy atom. The average molecular weight is 331 g/mol. The van der Waals surface area contributed by atoms with Crippen molar-refractivity contribution in [1.82, 2.24) is 0 Å². The summed E-state index contributed by atoms with van der Waals surface area (Å²) in [7, 11) is 0. The fourth-order valence-electron chi connectivity index (χ4n) is 1.79. The SMILES string of the molecule is CC(N)Cc1ccc(Oc2cc(Cl)ccc2Cl)cc1Cl. The largest absolute Gasteiger partial charge is 0.456 e. The van der Waals surface area contributed by atoms with Crippen LogP contribution in [0.1, 0.15) is 12.5 Å². The predicted molar refractivity (Wildman–Crippen MR) is 85.3 cm³/mol. The average Bonchev–Trinajstić information content (AvgIpc) is 2.37. The van der Waals surface area contributed by atoms with Crippen LogP contribution in [0, 0.1) is 0 Å². The van der Waals surface area contributed by atoms with Crippen LogP contribution in [0.15, 0.2) is 36.4 Å². The molecule has 0 heterocycles. The van der Waals surface area contributed by atoms with E-state index in [1.807, 2.05) is 19.1 Å². The van der Waals surface area contributed by atoms with Gasteiger partial charge in [-0.05, 0) is 43.2 Å². The standard InChI is InChI=1S/C15H14Cl3NO/c1-9(19)6-10-2-4-12(8-14(10)18)20-15-7-11(16)3-5-13(15)17/h2-5,7-9H,6,19H2,1H3. The van der Waals surface area contributed by atoms with Gasteiger partial charge in [-0.15, -0.1) is 0 Å². The van der Waals surface area contributed by atoms with E-state index in [0.29, 0.717) is 26.6 Å². The molecule has 1 unspecified atom stereocenters. The van der Waals surface area contributed by atoms with Gasteiger partial charge in [0.25, 0.3) is 0 Å². The molecule has 1 atom stereocenters. The molecule has 0 saturated heterocycles. The van der Waals surface area contributed by atoms with E-state index in [0.717, 1.165) is 12.0 Å². The number of hydrogen-bond acceptors (Lipinski definition) is 2. The van der Waals surface area contributed by atoms with Gasteiger partial charge in [-0.3, -0.25) is 0 Å². The maximum atomic E-state index is 6.22. The van der Waals surface area contributed by atoms with Crippen LogP contribution in [-0.2, 0) is 6.42 Å². The third-order valence-corrected chi connectivity index (χ3v) is 3.59. The lowest BCUT2D eigenvalue weighted by Crippen LogP contribution is -2.17. The summed E-state index contributed by atoms with van der Waals surface area (Å²) in [5.41, 5.74) is 6.76. The lowest BCUT2D eigenvalue weighted by atomic mass is 10.1. The number of halogens is 3. The van der Waals surface area contributed by atoms with Crippen molar-refractivity contribution in [3.8, 4) is 11.5 Å². The molecule has 2 N–H and O–H groups in total. The van der Waals surface area contributed by atoms with Crippen molar-refractivity contribution >= 4 is 34.8 Å². The normalized spacial score (nSPS) is 12.2. The van der Waals surface area contributed by atoms with Gasteiger partial charge in [0.05, 0.1) is 5.02 Å². The van der Waals surface area contributed by atoms with E-state index >= 15 is 0 Å². The number of benzene rings is 2. The maximum Gasteiger partial charge on any atom is 0.147 e. The number of hydrogen-bond donors (Lipinski definition) is 1. The fourth-order valence-corrected chi connectivity index (χ4v) is 2.35. The molecule has 106 valence electrons. The molecule has 2 nitrogen and oxygen atoms in total. The second-order valence-electron chi connectivity index (χ2n) is 4.61. The van der Waals surface area contributed by atoms with E-state index in [1.165, 1.54) is 0 Å². The van der Waals surface area contributed by atoms with Crippen molar-refractivity contribution < 1.29 is 4.74 Å². The molecule has 0 bridgehead atoms. The van der Waals surface area contributed by atoms with E-state index in [4.69, 9.17) is 45.3 Å². The van der Waals surface area contributed by atoms with Gasteiger partial charge in [0.1, 0.15) is 11.5 Å². The van der Waals surface area contributed by atoms with Crippen molar-refractivity contribution in [3.63, 3.8) is 0 Å². The van der Waals surface area contributed by atoms with Crippen LogP contribution in [0.4, 0.5) is 0 Å². The van der Waals surface area contributed by atoms with Crippen LogP contribution >= 0.6 is 34.8 Å². The van der Waals surface area contributed by atoms with Crippen LogP contribution in [0.3, 0.4) is 0 Å². The van der Waals surface area contributed by atoms with Crippen molar-refractivity contribution in [1.29, 1.82) is 0 Å². The van der Waals surface area contributed by atoms with Crippen LogP contribution in [0.2, 0.25) is 15.1 Å². The summed E-state index contributed by atoms with van der Waals surface area (Å²) in [5, 5.41) is 1.67. The Morgan fingerprint density at radius 3 is 2.45 bits per heavy atom. The first-order valence-corrected chi connectivity index (χ1v) is 7.26. The predicted octanol–water partition coefficient (Wildman–Crippen LogP) is 5.33. The van der Waals surface area contributed by atoms with Gasteiger partial charge >= 0.3 is 0 Å². The molecule has 0 aromatic heterocycles. The molecule has 5 heteroatoms. The third-order valence-electron chi connectivity index (χ3n) is 2.69. The van der Waals surface area contributed by atoms with Crippen molar-refractivity contribution in [3.05, 3.63) is 57.0 Å². The molecule has 20 heavy (non-hydrogen) atoms. The molecular weight excluding hydrogens is 317 g/mol. The van der Waals surface area contributed by atoms with Crippen LogP contribution in [0.25, 0.3) is 0 Å². The first-order valence-electron chi connectivity index (χ1n) is 6.12. The van der Waals surface area contributed by atoms with Gasteiger partial charge in [-0.25, -0.2) is 0 Å². The zero-order valence-corrected chi connectivity index (χ0v) is 13.1. The second kappa shape index (κ2) is 6.68. The summed E-state index contributed by atoms with van der Waals surface area (Å²) >= 11 is 18.2. The monoisotopic (exact) mass is 329 g/mol. The van der Waals surface area contributed by atoms with Crippen LogP contribution < -0.4 is 10.5 Å². The van der Waals surface area contributed by atoms with Gasteiger partial charge in [0, 0.05) is 22.2 Å². The number of nitrogens with two attached hydrogens (primary N) is 1. The molecule has 0 spiro atoms. The summed E-state index contributed by atoms with van der Waals surface area (Å²) in [4.78, 5) is 0. The molecule has 0 fully saturated rings. The highest BCUT2D eigenvalue weighted by atomic mass is 35.5. The van der Waals surface area contributed by atoms with E-state index in [9.17, 15) is 0 Å². The second-order valence-corrected chi connectivity index (χ2v) is 5.86. The Bertz CT molecular complexity index is 614. The smallest absolute Gasteiger partial charge is 0.147 e. The number of ether oxygens (including phenoxy) is 1. The Kier molecular flexibility index (Phi) is 5.17. The molecule has 0 aliphatic rings. The van der Waals surface area contributed by atoms with Gasteiger partial charge in [0.15, 0.2) is 0 Å². The zero-order chi connectivity index (χ0) is 14.7. The van der Waals surface area contributed by atoms with Crippen molar-refractivity contribution in [2.24, 2.45) is 5.73 Å². The summed E-state index contributed by atoms with van der Waals surface area (Å²) in [5.74, 6) is 1.10. The number of rotatable bonds is 4. The van der Waals surface area contributed by atoms with Crippen LogP contribution in [-0.4, -0.2) is 6.04 Å². The molecule has 0 aliphatic heterocycles. The molecule has 0 saturated carbocycles. The minimum absolute atomic E-state index is 0.0571. The zero-order valence-electron chi connectivity index (χ0n) is 10.9. The summed E-state index contributed by atoms with van der Waals surface area (Å²) < 4.78 is 5.70. The quantitative estimate of drug-likeness (QED) is 0.822. The highest BCUT2D eigenvalue weighted by Crippen LogP contribution is 2.33. The molecular formula is C15H14Cl3NO. The van der Waals surface area contributed by atoms with Crippen LogP contribution in [0.5, 0.6) is 11.5 Å². The molecule has 0 radical (unpaired) electrons. The van der Waals surface area contributed by atoms with Crippen molar-refractivity contribution in [2.75, 3.05) is 0 Å². The Morgan fingerprint density at radius 2 is 1.80 bits per heavy atom. The first kappa shape index (κ1) is 15.5. The molecule has 2 aromatic rings. The van der Waals surface area contributed by atoms with Gasteiger partial charge in [0.2, 0.25) is 0 Å². The lowest BCUT2D eigenvalue weighted by molar-refractivity contribution is 0.482. The summed E-state index contributed by atoms with van der Waals surface area (Å²) in [6, 6.07) is 10.6. The van der Waals surface area contributed by atoms with Crippen molar-refractivity contribution in [2.45, 2.75) is 19.4 Å². The summed E-state index contributed by atoms with van der Waals surface area (Å²) in [6.45, 7) is 1.94. The third kappa shape index (κ3) is 4.03. The minimum atomic E-state index is 0.0571. The highest BCUT2D eigenvalue weighted by Gasteiger charge is 2.08. The Hall–Kier alpha value is -0.930. The first-order chi connectivity index (χ1) is 9.45. The van der Waals surface area contributed by atoms with E-state index < -0.39 is 0 Å². The van der Waals surface area contributed by atoms with Gasteiger partial charge in [-0.2, -0.15) is 0 Å². The molecule has 0 amide bonds. The topological polar surface area (TPSA) is 35.2 Å². The van der Waals surface area contributed by atoms with Gasteiger partial charge in [-0.1, -0.05) is 40.9 Å². The molecule has 2 aromatic carbocycles. The molecule has 0 aliphatic carbocycles. The Balaban J connectivity index is 2.22. The van der Waals surface area contributed by atoms with E-state index in [2.05, 4.69) is 0 Å². The minimum Gasteiger partial charge on any atom is -0.456 e. The summed E-state index contributed by atoms with van der Waals surface area (Å²) in [6.07, 6.45) is 0.719. The van der Waals surface area contributed by atoms with E-state index in [1.54, 1.807) is 24.3 Å². The molecule has 2 rings (SSSR count). The van der Waals surface area contributed by atoms with E-state index in [-0.39, 0.29) is 6.04 Å². The van der Waals surface area contributed by atoms with Gasteiger partial charge < -0.3 is 10.5 Å². The lowest BCUT2D eigenvalue weighted by Gasteiger charge is -2.11. The Labute approximate surface area is 133 Å². The fraction of sp³-hybridized carbons (Fsp3) is 0.200. The highest BCUT2D eigenvalue weighted by molar-refractivity contribution is 6.34. The maximum absolute atomic E-state index is 6.22.